The average molecular weight is 297 g/mol. The highest BCUT2D eigenvalue weighted by molar-refractivity contribution is 5.29. The van der Waals surface area contributed by atoms with Crippen molar-refractivity contribution in [1.82, 2.24) is 5.32 Å². The summed E-state index contributed by atoms with van der Waals surface area (Å²) in [5.41, 5.74) is 1.14. The lowest BCUT2D eigenvalue weighted by molar-refractivity contribution is -0.0495. The van der Waals surface area contributed by atoms with Crippen molar-refractivity contribution < 1.29 is 13.5 Å². The Balaban J connectivity index is 2.04. The molecular weight excluding hydrogens is 272 g/mol. The summed E-state index contributed by atoms with van der Waals surface area (Å²) in [6, 6.07) is 8.11. The van der Waals surface area contributed by atoms with Gasteiger partial charge in [-0.3, -0.25) is 0 Å². The molecule has 1 fully saturated rings. The number of hydrogen-bond acceptors (Lipinski definition) is 2. The van der Waals surface area contributed by atoms with Crippen LogP contribution in [0, 0.1) is 5.92 Å². The van der Waals surface area contributed by atoms with E-state index in [-0.39, 0.29) is 30.9 Å². The molecular formula is C17H25F2NO. The summed E-state index contributed by atoms with van der Waals surface area (Å²) in [4.78, 5) is 0. The van der Waals surface area contributed by atoms with Crippen molar-refractivity contribution in [3.05, 3.63) is 29.8 Å². The van der Waals surface area contributed by atoms with Crippen LogP contribution in [0.25, 0.3) is 0 Å². The van der Waals surface area contributed by atoms with Gasteiger partial charge in [-0.25, -0.2) is 8.78 Å². The summed E-state index contributed by atoms with van der Waals surface area (Å²) < 4.78 is 32.2. The minimum atomic E-state index is -2.47. The number of ether oxygens (including phenoxy) is 1. The van der Waals surface area contributed by atoms with E-state index in [2.05, 4.69) is 5.32 Å². The first kappa shape index (κ1) is 16.2. The van der Waals surface area contributed by atoms with Crippen LogP contribution in [0.3, 0.4) is 0 Å². The molecule has 2 nitrogen and oxygen atoms in total. The van der Waals surface area contributed by atoms with Gasteiger partial charge in [0.15, 0.2) is 0 Å². The van der Waals surface area contributed by atoms with E-state index in [0.717, 1.165) is 11.3 Å². The van der Waals surface area contributed by atoms with E-state index in [1.165, 1.54) is 0 Å². The molecule has 0 heterocycles. The fourth-order valence-electron chi connectivity index (χ4n) is 3.10. The van der Waals surface area contributed by atoms with Gasteiger partial charge in [0.2, 0.25) is 5.92 Å². The summed E-state index contributed by atoms with van der Waals surface area (Å²) in [5, 5.41) is 3.29. The summed E-state index contributed by atoms with van der Waals surface area (Å²) in [5.74, 6) is -1.35. The Morgan fingerprint density at radius 1 is 1.14 bits per heavy atom. The minimum Gasteiger partial charge on any atom is -0.491 e. The maximum atomic E-state index is 13.3. The second-order valence-electron chi connectivity index (χ2n) is 6.20. The van der Waals surface area contributed by atoms with E-state index in [4.69, 9.17) is 4.74 Å². The first-order valence-electron chi connectivity index (χ1n) is 7.73. The Morgan fingerprint density at radius 2 is 1.71 bits per heavy atom. The molecule has 0 saturated heterocycles. The normalized spacial score (nSPS) is 20.5. The fraction of sp³-hybridized carbons (Fsp3) is 0.647. The van der Waals surface area contributed by atoms with Crippen LogP contribution in [0.15, 0.2) is 24.3 Å². The molecule has 1 aromatic rings. The fourth-order valence-corrected chi connectivity index (χ4v) is 3.10. The Hall–Kier alpha value is -1.16. The molecule has 118 valence electrons. The number of benzene rings is 1. The molecule has 0 radical (unpaired) electrons. The zero-order chi connectivity index (χ0) is 15.5. The number of rotatable bonds is 5. The molecule has 0 aromatic heterocycles. The van der Waals surface area contributed by atoms with Gasteiger partial charge >= 0.3 is 0 Å². The molecule has 0 amide bonds. The van der Waals surface area contributed by atoms with Gasteiger partial charge in [-0.2, -0.15) is 0 Å². The Kier molecular flexibility index (Phi) is 5.20. The van der Waals surface area contributed by atoms with Crippen LogP contribution in [0.5, 0.6) is 5.75 Å². The summed E-state index contributed by atoms with van der Waals surface area (Å²) in [7, 11) is 1.90. The molecule has 1 aliphatic rings. The average Bonchev–Trinajstić information content (AvgIpc) is 2.42. The lowest BCUT2D eigenvalue weighted by Gasteiger charge is -2.34. The number of alkyl halides is 2. The monoisotopic (exact) mass is 297 g/mol. The van der Waals surface area contributed by atoms with Crippen LogP contribution in [0.4, 0.5) is 8.78 Å². The van der Waals surface area contributed by atoms with Gasteiger partial charge in [0.25, 0.3) is 0 Å². The maximum absolute atomic E-state index is 13.3. The largest absolute Gasteiger partial charge is 0.491 e. The van der Waals surface area contributed by atoms with E-state index < -0.39 is 5.92 Å². The molecule has 1 saturated carbocycles. The maximum Gasteiger partial charge on any atom is 0.248 e. The summed E-state index contributed by atoms with van der Waals surface area (Å²) in [6.45, 7) is 3.99. The predicted octanol–water partition coefficient (Wildman–Crippen LogP) is 4.56. The minimum absolute atomic E-state index is 0.00436. The molecule has 0 spiro atoms. The van der Waals surface area contributed by atoms with Gasteiger partial charge in [0, 0.05) is 18.9 Å². The first-order valence-corrected chi connectivity index (χ1v) is 7.73. The number of nitrogens with one attached hydrogen (secondary N) is 1. The second-order valence-corrected chi connectivity index (χ2v) is 6.20. The van der Waals surface area contributed by atoms with Gasteiger partial charge < -0.3 is 10.1 Å². The smallest absolute Gasteiger partial charge is 0.248 e. The van der Waals surface area contributed by atoms with Crippen LogP contribution in [-0.2, 0) is 0 Å². The van der Waals surface area contributed by atoms with Gasteiger partial charge in [0.05, 0.1) is 6.10 Å². The molecule has 1 unspecified atom stereocenters. The van der Waals surface area contributed by atoms with Crippen molar-refractivity contribution in [2.24, 2.45) is 5.92 Å². The van der Waals surface area contributed by atoms with E-state index >= 15 is 0 Å². The molecule has 0 bridgehead atoms. The van der Waals surface area contributed by atoms with E-state index in [0.29, 0.717) is 12.8 Å². The predicted molar refractivity (Wildman–Crippen MR) is 80.9 cm³/mol. The Bertz CT molecular complexity index is 435. The van der Waals surface area contributed by atoms with Crippen molar-refractivity contribution in [3.8, 4) is 5.75 Å². The zero-order valence-corrected chi connectivity index (χ0v) is 13.0. The highest BCUT2D eigenvalue weighted by Gasteiger charge is 2.37. The lowest BCUT2D eigenvalue weighted by atomic mass is 9.79. The third kappa shape index (κ3) is 4.40. The molecule has 1 aliphatic carbocycles. The molecule has 2 rings (SSSR count). The Morgan fingerprint density at radius 3 is 2.19 bits per heavy atom. The highest BCUT2D eigenvalue weighted by atomic mass is 19.3. The van der Waals surface area contributed by atoms with Crippen molar-refractivity contribution in [3.63, 3.8) is 0 Å². The molecule has 1 N–H and O–H groups in total. The van der Waals surface area contributed by atoms with Gasteiger partial charge in [-0.1, -0.05) is 12.1 Å². The van der Waals surface area contributed by atoms with Gasteiger partial charge in [-0.05, 0) is 57.4 Å². The molecule has 4 heteroatoms. The SMILES string of the molecule is CNC(c1ccc(OC(C)C)cc1)C1CCC(F)(F)CC1. The molecule has 0 aliphatic heterocycles. The highest BCUT2D eigenvalue weighted by Crippen LogP contribution is 2.41. The second kappa shape index (κ2) is 6.73. The third-order valence-corrected chi connectivity index (χ3v) is 4.16. The van der Waals surface area contributed by atoms with Gasteiger partial charge in [-0.15, -0.1) is 0 Å². The van der Waals surface area contributed by atoms with Crippen molar-refractivity contribution >= 4 is 0 Å². The van der Waals surface area contributed by atoms with Crippen molar-refractivity contribution in [2.45, 2.75) is 57.6 Å². The van der Waals surface area contributed by atoms with Crippen molar-refractivity contribution in [1.29, 1.82) is 0 Å². The molecule has 21 heavy (non-hydrogen) atoms. The van der Waals surface area contributed by atoms with Crippen LogP contribution in [-0.4, -0.2) is 19.1 Å². The van der Waals surface area contributed by atoms with Crippen LogP contribution >= 0.6 is 0 Å². The van der Waals surface area contributed by atoms with E-state index in [9.17, 15) is 8.78 Å². The topological polar surface area (TPSA) is 21.3 Å². The lowest BCUT2D eigenvalue weighted by Crippen LogP contribution is -2.32. The summed E-state index contributed by atoms with van der Waals surface area (Å²) in [6.07, 6.45) is 1.30. The quantitative estimate of drug-likeness (QED) is 0.860. The van der Waals surface area contributed by atoms with Crippen LogP contribution < -0.4 is 10.1 Å². The van der Waals surface area contributed by atoms with E-state index in [1.807, 2.05) is 45.2 Å². The first-order chi connectivity index (χ1) is 9.91. The van der Waals surface area contributed by atoms with Crippen LogP contribution in [0.2, 0.25) is 0 Å². The number of hydrogen-bond donors (Lipinski definition) is 1. The standard InChI is InChI=1S/C17H25F2NO/c1-12(2)21-15-6-4-13(5-7-15)16(20-3)14-8-10-17(18,19)11-9-14/h4-7,12,14,16,20H,8-11H2,1-3H3. The summed E-state index contributed by atoms with van der Waals surface area (Å²) >= 11 is 0. The van der Waals surface area contributed by atoms with Crippen LogP contribution in [0.1, 0.15) is 51.1 Å². The van der Waals surface area contributed by atoms with E-state index in [1.54, 1.807) is 0 Å². The number of halogens is 2. The third-order valence-electron chi connectivity index (χ3n) is 4.16. The van der Waals surface area contributed by atoms with Gasteiger partial charge in [0.1, 0.15) is 5.75 Å². The van der Waals surface area contributed by atoms with Crippen molar-refractivity contribution in [2.75, 3.05) is 7.05 Å². The molecule has 1 aromatic carbocycles. The molecule has 1 atom stereocenters. The Labute approximate surface area is 125 Å². The zero-order valence-electron chi connectivity index (χ0n) is 13.0.